The quantitative estimate of drug-likeness (QED) is 0.614. The molecule has 0 amide bonds. The van der Waals surface area contributed by atoms with Gasteiger partial charge in [-0.1, -0.05) is 47.1 Å². The Morgan fingerprint density at radius 2 is 2.00 bits per heavy atom. The van der Waals surface area contributed by atoms with Gasteiger partial charge in [-0.25, -0.2) is 0 Å². The highest BCUT2D eigenvalue weighted by Crippen LogP contribution is 2.33. The minimum Gasteiger partial charge on any atom is -0.370 e. The number of hydrogen-bond acceptors (Lipinski definition) is 1. The summed E-state index contributed by atoms with van der Waals surface area (Å²) in [5.41, 5.74) is 1.73. The second kappa shape index (κ2) is 5.86. The van der Waals surface area contributed by atoms with E-state index < -0.39 is 0 Å². The highest BCUT2D eigenvalue weighted by atomic mass is 16.5. The second-order valence-corrected chi connectivity index (χ2v) is 6.35. The fraction of sp³-hybridized carbons (Fsp3) is 0.867. The Bertz CT molecular complexity index is 224. The van der Waals surface area contributed by atoms with Crippen molar-refractivity contribution in [1.29, 1.82) is 0 Å². The zero-order valence-electron chi connectivity index (χ0n) is 11.5. The molecule has 0 aromatic rings. The topological polar surface area (TPSA) is 9.23 Å². The van der Waals surface area contributed by atoms with E-state index in [1.54, 1.807) is 0 Å². The zero-order valence-corrected chi connectivity index (χ0v) is 11.5. The maximum Gasteiger partial charge on any atom is 0.0787 e. The average Bonchev–Trinajstić information content (AvgIpc) is 2.52. The summed E-state index contributed by atoms with van der Waals surface area (Å²) < 4.78 is 6.07. The number of unbranched alkanes of at least 4 members (excludes halogenated alkanes) is 1. The molecule has 1 aliphatic rings. The molecule has 1 rings (SSSR count). The SMILES string of the molecule is C=C1C[C@H](CCCC)OC1CCC(C)(C)C. The minimum atomic E-state index is 0.334. The number of rotatable bonds is 5. The van der Waals surface area contributed by atoms with Gasteiger partial charge in [-0.3, -0.25) is 0 Å². The van der Waals surface area contributed by atoms with E-state index in [1.807, 2.05) is 0 Å². The lowest BCUT2D eigenvalue weighted by atomic mass is 9.88. The molecular weight excluding hydrogens is 196 g/mol. The van der Waals surface area contributed by atoms with Gasteiger partial charge in [0, 0.05) is 0 Å². The first kappa shape index (κ1) is 13.8. The van der Waals surface area contributed by atoms with Crippen LogP contribution in [0.1, 0.15) is 66.2 Å². The van der Waals surface area contributed by atoms with E-state index >= 15 is 0 Å². The lowest BCUT2D eigenvalue weighted by molar-refractivity contribution is 0.0366. The Morgan fingerprint density at radius 1 is 1.31 bits per heavy atom. The van der Waals surface area contributed by atoms with Crippen LogP contribution < -0.4 is 0 Å². The third-order valence-corrected chi connectivity index (χ3v) is 3.34. The molecule has 1 unspecified atom stereocenters. The largest absolute Gasteiger partial charge is 0.370 e. The van der Waals surface area contributed by atoms with Crippen molar-refractivity contribution in [3.05, 3.63) is 12.2 Å². The fourth-order valence-electron chi connectivity index (χ4n) is 2.24. The normalized spacial score (nSPS) is 26.4. The van der Waals surface area contributed by atoms with E-state index in [0.717, 1.165) is 12.8 Å². The van der Waals surface area contributed by atoms with Crippen LogP contribution in [-0.2, 0) is 4.74 Å². The minimum absolute atomic E-state index is 0.334. The van der Waals surface area contributed by atoms with Crippen LogP contribution in [0.5, 0.6) is 0 Å². The van der Waals surface area contributed by atoms with Crippen LogP contribution in [0.25, 0.3) is 0 Å². The monoisotopic (exact) mass is 224 g/mol. The predicted molar refractivity (Wildman–Crippen MR) is 70.6 cm³/mol. The number of ether oxygens (including phenoxy) is 1. The maximum absolute atomic E-state index is 6.07. The molecule has 0 bridgehead atoms. The second-order valence-electron chi connectivity index (χ2n) is 6.35. The van der Waals surface area contributed by atoms with Gasteiger partial charge in [0.25, 0.3) is 0 Å². The molecule has 0 N–H and O–H groups in total. The molecule has 2 atom stereocenters. The summed E-state index contributed by atoms with van der Waals surface area (Å²) in [5, 5.41) is 0. The molecular formula is C15H28O. The van der Waals surface area contributed by atoms with E-state index in [9.17, 15) is 0 Å². The fourth-order valence-corrected chi connectivity index (χ4v) is 2.24. The molecule has 1 aliphatic heterocycles. The standard InChI is InChI=1S/C15H28O/c1-6-7-8-13-11-12(2)14(16-13)9-10-15(3,4)5/h13-14H,2,6-11H2,1,3-5H3/t13-,14?/m0/s1. The smallest absolute Gasteiger partial charge is 0.0787 e. The molecule has 1 fully saturated rings. The molecule has 94 valence electrons. The maximum atomic E-state index is 6.07. The first-order chi connectivity index (χ1) is 7.42. The van der Waals surface area contributed by atoms with Crippen LogP contribution >= 0.6 is 0 Å². The van der Waals surface area contributed by atoms with Crippen molar-refractivity contribution in [2.45, 2.75) is 78.4 Å². The van der Waals surface area contributed by atoms with Crippen molar-refractivity contribution in [3.63, 3.8) is 0 Å². The summed E-state index contributed by atoms with van der Waals surface area (Å²) in [4.78, 5) is 0. The Morgan fingerprint density at radius 3 is 2.56 bits per heavy atom. The van der Waals surface area contributed by atoms with Crippen molar-refractivity contribution >= 4 is 0 Å². The molecule has 0 aromatic heterocycles. The van der Waals surface area contributed by atoms with Crippen LogP contribution in [0.4, 0.5) is 0 Å². The lowest BCUT2D eigenvalue weighted by Gasteiger charge is -2.21. The first-order valence-electron chi connectivity index (χ1n) is 6.75. The van der Waals surface area contributed by atoms with Gasteiger partial charge in [-0.15, -0.1) is 0 Å². The van der Waals surface area contributed by atoms with Crippen molar-refractivity contribution in [1.82, 2.24) is 0 Å². The molecule has 1 heteroatoms. The molecule has 1 heterocycles. The third kappa shape index (κ3) is 4.69. The van der Waals surface area contributed by atoms with Gasteiger partial charge < -0.3 is 4.74 Å². The Labute approximate surface area is 101 Å². The highest BCUT2D eigenvalue weighted by molar-refractivity contribution is 5.09. The van der Waals surface area contributed by atoms with E-state index in [1.165, 1.54) is 31.3 Å². The summed E-state index contributed by atoms with van der Waals surface area (Å²) in [6, 6.07) is 0. The van der Waals surface area contributed by atoms with Crippen LogP contribution in [0.2, 0.25) is 0 Å². The average molecular weight is 224 g/mol. The van der Waals surface area contributed by atoms with Crippen molar-refractivity contribution in [2.75, 3.05) is 0 Å². The Balaban J connectivity index is 2.31. The van der Waals surface area contributed by atoms with Gasteiger partial charge >= 0.3 is 0 Å². The van der Waals surface area contributed by atoms with Crippen molar-refractivity contribution in [3.8, 4) is 0 Å². The Hall–Kier alpha value is -0.300. The molecule has 0 aliphatic carbocycles. The molecule has 0 spiro atoms. The summed E-state index contributed by atoms with van der Waals surface area (Å²) in [6.45, 7) is 13.3. The van der Waals surface area contributed by atoms with E-state index in [2.05, 4.69) is 34.3 Å². The van der Waals surface area contributed by atoms with Gasteiger partial charge in [0.2, 0.25) is 0 Å². The van der Waals surface area contributed by atoms with Gasteiger partial charge in [0.1, 0.15) is 0 Å². The van der Waals surface area contributed by atoms with Crippen LogP contribution in [0.3, 0.4) is 0 Å². The van der Waals surface area contributed by atoms with Crippen LogP contribution in [0, 0.1) is 5.41 Å². The summed E-state index contributed by atoms with van der Waals surface area (Å²) >= 11 is 0. The van der Waals surface area contributed by atoms with E-state index in [0.29, 0.717) is 17.6 Å². The third-order valence-electron chi connectivity index (χ3n) is 3.34. The molecule has 1 saturated heterocycles. The summed E-state index contributed by atoms with van der Waals surface area (Å²) in [6.07, 6.45) is 8.00. The molecule has 0 saturated carbocycles. The predicted octanol–water partition coefficient (Wildman–Crippen LogP) is 4.72. The van der Waals surface area contributed by atoms with Crippen LogP contribution in [-0.4, -0.2) is 12.2 Å². The van der Waals surface area contributed by atoms with E-state index in [4.69, 9.17) is 4.74 Å². The highest BCUT2D eigenvalue weighted by Gasteiger charge is 2.28. The van der Waals surface area contributed by atoms with E-state index in [-0.39, 0.29) is 0 Å². The van der Waals surface area contributed by atoms with Gasteiger partial charge in [0.05, 0.1) is 12.2 Å². The van der Waals surface area contributed by atoms with Gasteiger partial charge in [0.15, 0.2) is 0 Å². The Kier molecular flexibility index (Phi) is 5.04. The molecule has 1 nitrogen and oxygen atoms in total. The van der Waals surface area contributed by atoms with Gasteiger partial charge in [-0.2, -0.15) is 0 Å². The number of hydrogen-bond donors (Lipinski definition) is 0. The van der Waals surface area contributed by atoms with Crippen molar-refractivity contribution < 1.29 is 4.74 Å². The van der Waals surface area contributed by atoms with Crippen molar-refractivity contribution in [2.24, 2.45) is 5.41 Å². The summed E-state index contributed by atoms with van der Waals surface area (Å²) in [7, 11) is 0. The zero-order chi connectivity index (χ0) is 12.2. The molecule has 0 aromatic carbocycles. The molecule has 0 radical (unpaired) electrons. The first-order valence-corrected chi connectivity index (χ1v) is 6.75. The molecule has 16 heavy (non-hydrogen) atoms. The summed E-state index contributed by atoms with van der Waals surface area (Å²) in [5.74, 6) is 0. The van der Waals surface area contributed by atoms with Gasteiger partial charge in [-0.05, 0) is 36.7 Å². The lowest BCUT2D eigenvalue weighted by Crippen LogP contribution is -2.15. The van der Waals surface area contributed by atoms with Crippen LogP contribution in [0.15, 0.2) is 12.2 Å².